The van der Waals surface area contributed by atoms with E-state index in [1.807, 2.05) is 74.5 Å². The fourth-order valence-electron chi connectivity index (χ4n) is 5.14. The first-order valence-corrected chi connectivity index (χ1v) is 15.6. The Balaban J connectivity index is 1.77. The minimum absolute atomic E-state index is 0.00284. The van der Waals surface area contributed by atoms with Crippen molar-refractivity contribution < 1.29 is 28.7 Å². The van der Waals surface area contributed by atoms with Crippen molar-refractivity contribution in [3.05, 3.63) is 71.8 Å². The van der Waals surface area contributed by atoms with Crippen molar-refractivity contribution in [2.45, 2.75) is 76.7 Å². The second-order valence-corrected chi connectivity index (χ2v) is 11.6. The lowest BCUT2D eigenvalue weighted by atomic mass is 9.99. The van der Waals surface area contributed by atoms with Gasteiger partial charge in [0.2, 0.25) is 11.8 Å². The molecular formula is C33H45N7O6. The van der Waals surface area contributed by atoms with Crippen LogP contribution >= 0.6 is 0 Å². The molecule has 13 nitrogen and oxygen atoms in total. The molecule has 248 valence electrons. The maximum Gasteiger partial charge on any atom is 0.329 e. The lowest BCUT2D eigenvalue weighted by Gasteiger charge is -2.34. The van der Waals surface area contributed by atoms with Crippen LogP contribution in [0.2, 0.25) is 0 Å². The normalized spacial score (nSPS) is 16.8. The average Bonchev–Trinajstić information content (AvgIpc) is 3.03. The van der Waals surface area contributed by atoms with Crippen molar-refractivity contribution in [2.24, 2.45) is 5.92 Å². The molecule has 0 saturated carbocycles. The summed E-state index contributed by atoms with van der Waals surface area (Å²) in [6.07, 6.45) is 1.75. The Hall–Kier alpha value is -4.94. The van der Waals surface area contributed by atoms with Gasteiger partial charge in [-0.05, 0) is 43.2 Å². The lowest BCUT2D eigenvalue weighted by molar-refractivity contribution is -0.145. The van der Waals surface area contributed by atoms with Crippen LogP contribution in [0.4, 0.5) is 4.79 Å². The number of amides is 4. The highest BCUT2D eigenvalue weighted by Crippen LogP contribution is 2.11. The Morgan fingerprint density at radius 2 is 1.52 bits per heavy atom. The molecule has 46 heavy (non-hydrogen) atoms. The van der Waals surface area contributed by atoms with Gasteiger partial charge in [0.25, 0.3) is 0 Å². The molecule has 7 N–H and O–H groups in total. The minimum atomic E-state index is -1.23. The summed E-state index contributed by atoms with van der Waals surface area (Å²) in [6.45, 7) is 5.95. The van der Waals surface area contributed by atoms with E-state index in [-0.39, 0.29) is 37.7 Å². The van der Waals surface area contributed by atoms with Crippen molar-refractivity contribution in [1.29, 1.82) is 5.41 Å². The van der Waals surface area contributed by atoms with Crippen molar-refractivity contribution in [2.75, 3.05) is 13.2 Å². The number of carbonyl (C=O) groups excluding carboxylic acids is 5. The summed E-state index contributed by atoms with van der Waals surface area (Å²) in [5, 5.41) is 24.5. The highest BCUT2D eigenvalue weighted by Gasteiger charge is 2.36. The number of rotatable bonds is 16. The van der Waals surface area contributed by atoms with Crippen LogP contribution in [-0.4, -0.2) is 79.4 Å². The summed E-state index contributed by atoms with van der Waals surface area (Å²) in [7, 11) is 0. The Morgan fingerprint density at radius 1 is 0.891 bits per heavy atom. The predicted octanol–water partition coefficient (Wildman–Crippen LogP) is 1.17. The molecule has 3 rings (SSSR count). The Bertz CT molecular complexity index is 1320. The van der Waals surface area contributed by atoms with Gasteiger partial charge in [-0.2, -0.15) is 0 Å². The van der Waals surface area contributed by atoms with Crippen LogP contribution in [0.25, 0.3) is 0 Å². The van der Waals surface area contributed by atoms with E-state index in [1.54, 1.807) is 6.92 Å². The molecule has 1 fully saturated rings. The van der Waals surface area contributed by atoms with Crippen LogP contribution in [0, 0.1) is 11.3 Å². The summed E-state index contributed by atoms with van der Waals surface area (Å²) in [5.41, 5.74) is 1.67. The zero-order chi connectivity index (χ0) is 33.5. The van der Waals surface area contributed by atoms with E-state index in [0.717, 1.165) is 11.1 Å². The molecule has 0 radical (unpaired) electrons. The van der Waals surface area contributed by atoms with E-state index in [2.05, 4.69) is 31.9 Å². The van der Waals surface area contributed by atoms with E-state index in [4.69, 9.17) is 10.1 Å². The summed E-state index contributed by atoms with van der Waals surface area (Å²) in [6, 6.07) is 12.8. The van der Waals surface area contributed by atoms with Crippen molar-refractivity contribution in [3.8, 4) is 0 Å². The number of benzene rings is 2. The van der Waals surface area contributed by atoms with Gasteiger partial charge in [-0.3, -0.25) is 15.0 Å². The molecule has 2 aromatic rings. The lowest BCUT2D eigenvalue weighted by Crippen LogP contribution is -2.66. The predicted molar refractivity (Wildman–Crippen MR) is 173 cm³/mol. The summed E-state index contributed by atoms with van der Waals surface area (Å²) >= 11 is 0. The van der Waals surface area contributed by atoms with Crippen LogP contribution in [0.1, 0.15) is 44.7 Å². The van der Waals surface area contributed by atoms with Crippen molar-refractivity contribution in [1.82, 2.24) is 31.9 Å². The topological polar surface area (TPSA) is 191 Å². The molecule has 0 spiro atoms. The Kier molecular flexibility index (Phi) is 14.0. The fourth-order valence-corrected chi connectivity index (χ4v) is 5.14. The molecule has 1 heterocycles. The quantitative estimate of drug-likeness (QED) is 0.106. The monoisotopic (exact) mass is 635 g/mol. The van der Waals surface area contributed by atoms with Gasteiger partial charge in [0.05, 0.1) is 18.7 Å². The first-order chi connectivity index (χ1) is 22.1. The van der Waals surface area contributed by atoms with Crippen LogP contribution in [0.5, 0.6) is 0 Å². The number of ether oxygens (including phenoxy) is 1. The molecular weight excluding hydrogens is 590 g/mol. The molecule has 0 aromatic heterocycles. The van der Waals surface area contributed by atoms with Crippen LogP contribution in [0.15, 0.2) is 60.7 Å². The van der Waals surface area contributed by atoms with Gasteiger partial charge in [0, 0.05) is 13.0 Å². The first-order valence-electron chi connectivity index (χ1n) is 15.6. The molecule has 5 atom stereocenters. The number of nitrogens with one attached hydrogen (secondary N) is 7. The highest BCUT2D eigenvalue weighted by molar-refractivity contribution is 5.94. The third-order valence-corrected chi connectivity index (χ3v) is 7.35. The minimum Gasteiger partial charge on any atom is -0.464 e. The molecule has 1 aliphatic rings. The van der Waals surface area contributed by atoms with Crippen LogP contribution in [0.3, 0.4) is 0 Å². The number of urea groups is 1. The fraction of sp³-hybridized carbons (Fsp3) is 0.455. The number of esters is 1. The third kappa shape index (κ3) is 11.5. The second kappa shape index (κ2) is 18.1. The van der Waals surface area contributed by atoms with Crippen LogP contribution < -0.4 is 31.9 Å². The van der Waals surface area contributed by atoms with Gasteiger partial charge in [0.1, 0.15) is 24.4 Å². The Labute approximate surface area is 269 Å². The van der Waals surface area contributed by atoms with Gasteiger partial charge in [0.15, 0.2) is 5.96 Å². The molecule has 4 amide bonds. The van der Waals surface area contributed by atoms with Crippen molar-refractivity contribution >= 4 is 36.1 Å². The SMILES string of the molecule is CCOC(=O)C(Cc1ccccc1)NC(=O)NC(C(=O)NC(CC(C)C)C(=O)NC(C=O)Cc1ccccc1)C1CCNC(=N)N1. The number of guanidine groups is 1. The number of hydrogen-bond acceptors (Lipinski definition) is 7. The van der Waals surface area contributed by atoms with E-state index < -0.39 is 54.0 Å². The second-order valence-electron chi connectivity index (χ2n) is 11.6. The largest absolute Gasteiger partial charge is 0.464 e. The van der Waals surface area contributed by atoms with Crippen molar-refractivity contribution in [3.63, 3.8) is 0 Å². The first kappa shape index (κ1) is 35.5. The van der Waals surface area contributed by atoms with E-state index >= 15 is 0 Å². The van der Waals surface area contributed by atoms with E-state index in [1.165, 1.54) is 0 Å². The number of aldehydes is 1. The number of hydrogen-bond donors (Lipinski definition) is 7. The number of carbonyl (C=O) groups is 5. The molecule has 0 aliphatic carbocycles. The third-order valence-electron chi connectivity index (χ3n) is 7.35. The van der Waals surface area contributed by atoms with Gasteiger partial charge in [-0.25, -0.2) is 9.59 Å². The summed E-state index contributed by atoms with van der Waals surface area (Å²) in [5.74, 6) is -1.84. The van der Waals surface area contributed by atoms with Gasteiger partial charge in [-0.1, -0.05) is 74.5 Å². The smallest absolute Gasteiger partial charge is 0.329 e. The molecule has 5 unspecified atom stereocenters. The highest BCUT2D eigenvalue weighted by atomic mass is 16.5. The standard InChI is InChI=1S/C33H45N7O6/c1-4-46-31(44)27(19-23-13-9-6-10-14-23)39-33(45)40-28(25-15-16-35-32(34)38-25)30(43)37-26(17-21(2)3)29(42)36-24(20-41)18-22-11-7-5-8-12-22/h5-14,20-21,24-28H,4,15-19H2,1-3H3,(H,36,42)(H,37,43)(H3,34,35,38)(H2,39,40,45). The molecule has 0 bridgehead atoms. The maximum absolute atomic E-state index is 13.8. The molecule has 1 aliphatic heterocycles. The van der Waals surface area contributed by atoms with E-state index in [9.17, 15) is 24.0 Å². The average molecular weight is 636 g/mol. The maximum atomic E-state index is 13.8. The van der Waals surface area contributed by atoms with Gasteiger partial charge < -0.3 is 41.4 Å². The van der Waals surface area contributed by atoms with Crippen LogP contribution in [-0.2, 0) is 36.8 Å². The van der Waals surface area contributed by atoms with Gasteiger partial charge in [-0.15, -0.1) is 0 Å². The molecule has 13 heteroatoms. The summed E-state index contributed by atoms with van der Waals surface area (Å²) < 4.78 is 5.18. The van der Waals surface area contributed by atoms with Gasteiger partial charge >= 0.3 is 12.0 Å². The summed E-state index contributed by atoms with van der Waals surface area (Å²) in [4.78, 5) is 65.1. The van der Waals surface area contributed by atoms with E-state index in [0.29, 0.717) is 19.3 Å². The molecule has 2 aromatic carbocycles. The zero-order valence-electron chi connectivity index (χ0n) is 26.5. The Morgan fingerprint density at radius 3 is 2.09 bits per heavy atom. The molecule has 1 saturated heterocycles. The zero-order valence-corrected chi connectivity index (χ0v) is 26.5.